The van der Waals surface area contributed by atoms with Gasteiger partial charge in [-0.15, -0.1) is 0 Å². The molecular weight excluding hydrogens is 377 g/mol. The molecule has 0 saturated heterocycles. The van der Waals surface area contributed by atoms with Crippen LogP contribution in [0.3, 0.4) is 0 Å². The van der Waals surface area contributed by atoms with Crippen LogP contribution < -0.4 is 5.32 Å². The van der Waals surface area contributed by atoms with Crippen LogP contribution >= 0.6 is 22.6 Å². The first-order valence-corrected chi connectivity index (χ1v) is 8.50. The van der Waals surface area contributed by atoms with Crippen LogP contribution in [0.5, 0.6) is 0 Å². The van der Waals surface area contributed by atoms with E-state index in [0.717, 1.165) is 35.9 Å². The lowest BCUT2D eigenvalue weighted by Gasteiger charge is -2.12. The molecule has 0 radical (unpaired) electrons. The second-order valence-electron chi connectivity index (χ2n) is 5.56. The van der Waals surface area contributed by atoms with Crippen LogP contribution in [0.2, 0.25) is 0 Å². The zero-order chi connectivity index (χ0) is 15.0. The second-order valence-corrected chi connectivity index (χ2v) is 6.64. The molecule has 0 atom stereocenters. The Morgan fingerprint density at radius 3 is 2.71 bits per heavy atom. The summed E-state index contributed by atoms with van der Waals surface area (Å²) in [5.74, 6) is 2.37. The first-order chi connectivity index (χ1) is 10.1. The zero-order valence-corrected chi connectivity index (χ0v) is 14.8. The Balaban J connectivity index is 2.07. The van der Waals surface area contributed by atoms with Gasteiger partial charge in [0, 0.05) is 25.2 Å². The van der Waals surface area contributed by atoms with Crippen LogP contribution in [-0.2, 0) is 7.05 Å². The molecule has 0 bridgehead atoms. The summed E-state index contributed by atoms with van der Waals surface area (Å²) in [5.41, 5.74) is 3.32. The minimum Gasteiger partial charge on any atom is -0.369 e. The van der Waals surface area contributed by atoms with Gasteiger partial charge in [0.15, 0.2) is 5.82 Å². The number of hydrogen-bond acceptors (Lipinski definition) is 4. The number of hydrogen-bond donors (Lipinski definition) is 1. The molecule has 5 nitrogen and oxygen atoms in total. The zero-order valence-electron chi connectivity index (χ0n) is 12.6. The maximum Gasteiger partial charge on any atom is 0.165 e. The Kier molecular flexibility index (Phi) is 4.14. The van der Waals surface area contributed by atoms with Gasteiger partial charge in [0.2, 0.25) is 0 Å². The lowest BCUT2D eigenvalue weighted by Crippen LogP contribution is -2.09. The lowest BCUT2D eigenvalue weighted by atomic mass is 10.2. The number of anilines is 1. The Bertz CT molecular complexity index is 660. The summed E-state index contributed by atoms with van der Waals surface area (Å²) >= 11 is 2.38. The van der Waals surface area contributed by atoms with E-state index in [4.69, 9.17) is 9.97 Å². The van der Waals surface area contributed by atoms with Crippen LogP contribution in [0.1, 0.15) is 43.5 Å². The van der Waals surface area contributed by atoms with Crippen molar-refractivity contribution >= 4 is 28.4 Å². The third-order valence-electron chi connectivity index (χ3n) is 3.86. The Hall–Kier alpha value is -1.18. The normalized spacial score (nSPS) is 14.5. The van der Waals surface area contributed by atoms with Crippen molar-refractivity contribution in [3.8, 4) is 11.4 Å². The van der Waals surface area contributed by atoms with E-state index >= 15 is 0 Å². The first-order valence-electron chi connectivity index (χ1n) is 7.42. The van der Waals surface area contributed by atoms with Gasteiger partial charge in [-0.1, -0.05) is 6.92 Å². The lowest BCUT2D eigenvalue weighted by molar-refractivity contribution is 0.740. The number of nitrogens with zero attached hydrogens (tertiary/aromatic N) is 4. The van der Waals surface area contributed by atoms with E-state index in [1.165, 1.54) is 22.1 Å². The number of halogens is 1. The molecule has 0 unspecified atom stereocenters. The van der Waals surface area contributed by atoms with Crippen LogP contribution in [-0.4, -0.2) is 26.3 Å². The molecule has 0 amide bonds. The molecule has 2 aromatic rings. The standard InChI is InChI=1S/C15H20IN5/c1-4-7-17-15-12(16)13(10-5-6-10)19-14(20-15)11-8-18-21(3)9(11)2/h8,10H,4-7H2,1-3H3,(H,17,19,20). The van der Waals surface area contributed by atoms with Gasteiger partial charge >= 0.3 is 0 Å². The monoisotopic (exact) mass is 397 g/mol. The van der Waals surface area contributed by atoms with Gasteiger partial charge in [-0.2, -0.15) is 5.10 Å². The van der Waals surface area contributed by atoms with E-state index in [1.54, 1.807) is 0 Å². The predicted molar refractivity (Wildman–Crippen MR) is 92.4 cm³/mol. The molecule has 3 rings (SSSR count). The molecule has 21 heavy (non-hydrogen) atoms. The average molecular weight is 397 g/mol. The summed E-state index contributed by atoms with van der Waals surface area (Å²) in [7, 11) is 1.95. The fourth-order valence-electron chi connectivity index (χ4n) is 2.29. The molecule has 1 saturated carbocycles. The fraction of sp³-hybridized carbons (Fsp3) is 0.533. The van der Waals surface area contributed by atoms with E-state index < -0.39 is 0 Å². The highest BCUT2D eigenvalue weighted by Gasteiger charge is 2.30. The number of aromatic nitrogens is 4. The summed E-state index contributed by atoms with van der Waals surface area (Å²) in [5, 5.41) is 7.75. The van der Waals surface area contributed by atoms with E-state index in [1.807, 2.05) is 17.9 Å². The van der Waals surface area contributed by atoms with Crippen LogP contribution in [0.25, 0.3) is 11.4 Å². The van der Waals surface area contributed by atoms with Gasteiger partial charge in [-0.25, -0.2) is 9.97 Å². The summed E-state index contributed by atoms with van der Waals surface area (Å²) < 4.78 is 3.04. The van der Waals surface area contributed by atoms with Crippen molar-refractivity contribution in [3.05, 3.63) is 21.2 Å². The van der Waals surface area contributed by atoms with Crippen LogP contribution in [0, 0.1) is 10.5 Å². The Labute approximate surface area is 138 Å². The van der Waals surface area contributed by atoms with Crippen molar-refractivity contribution in [2.24, 2.45) is 7.05 Å². The van der Waals surface area contributed by atoms with Gasteiger partial charge in [0.05, 0.1) is 21.0 Å². The Morgan fingerprint density at radius 2 is 2.14 bits per heavy atom. The average Bonchev–Trinajstić information content (AvgIpc) is 3.26. The molecule has 2 heterocycles. The number of nitrogens with one attached hydrogen (secondary N) is 1. The van der Waals surface area contributed by atoms with Crippen molar-refractivity contribution in [1.82, 2.24) is 19.7 Å². The van der Waals surface area contributed by atoms with Crippen LogP contribution in [0.15, 0.2) is 6.20 Å². The van der Waals surface area contributed by atoms with Gasteiger partial charge in [-0.05, 0) is 48.8 Å². The van der Waals surface area contributed by atoms with Gasteiger partial charge in [0.1, 0.15) is 5.82 Å². The van der Waals surface area contributed by atoms with E-state index in [0.29, 0.717) is 5.92 Å². The molecule has 1 fully saturated rings. The molecule has 1 aliphatic rings. The summed E-state index contributed by atoms with van der Waals surface area (Å²) in [6, 6.07) is 0. The molecule has 2 aromatic heterocycles. The van der Waals surface area contributed by atoms with Crippen molar-refractivity contribution in [3.63, 3.8) is 0 Å². The number of aryl methyl sites for hydroxylation is 1. The van der Waals surface area contributed by atoms with Gasteiger partial charge in [0.25, 0.3) is 0 Å². The molecule has 1 N–H and O–H groups in total. The minimum atomic E-state index is 0.609. The highest BCUT2D eigenvalue weighted by molar-refractivity contribution is 14.1. The fourth-order valence-corrected chi connectivity index (χ4v) is 3.16. The predicted octanol–water partition coefficient (Wildman–Crippen LogP) is 3.49. The molecule has 112 valence electrons. The highest BCUT2D eigenvalue weighted by atomic mass is 127. The third kappa shape index (κ3) is 2.90. The van der Waals surface area contributed by atoms with Crippen molar-refractivity contribution in [2.45, 2.75) is 39.0 Å². The van der Waals surface area contributed by atoms with E-state index in [-0.39, 0.29) is 0 Å². The van der Waals surface area contributed by atoms with Crippen molar-refractivity contribution < 1.29 is 0 Å². The maximum atomic E-state index is 4.84. The molecule has 1 aliphatic carbocycles. The SMILES string of the molecule is CCCNc1nc(-c2cnn(C)c2C)nc(C2CC2)c1I. The molecule has 0 spiro atoms. The van der Waals surface area contributed by atoms with Crippen LogP contribution in [0.4, 0.5) is 5.82 Å². The van der Waals surface area contributed by atoms with Gasteiger partial charge in [-0.3, -0.25) is 4.68 Å². The van der Waals surface area contributed by atoms with Crippen molar-refractivity contribution in [2.75, 3.05) is 11.9 Å². The smallest absolute Gasteiger partial charge is 0.165 e. The largest absolute Gasteiger partial charge is 0.369 e. The summed E-state index contributed by atoms with van der Waals surface area (Å²) in [6.07, 6.45) is 5.43. The molecule has 0 aliphatic heterocycles. The first kappa shape index (κ1) is 14.7. The minimum absolute atomic E-state index is 0.609. The Morgan fingerprint density at radius 1 is 1.38 bits per heavy atom. The topological polar surface area (TPSA) is 55.6 Å². The summed E-state index contributed by atoms with van der Waals surface area (Å²) in [6.45, 7) is 5.15. The molecule has 0 aromatic carbocycles. The molecular formula is C15H20IN5. The van der Waals surface area contributed by atoms with E-state index in [2.05, 4.69) is 46.9 Å². The van der Waals surface area contributed by atoms with E-state index in [9.17, 15) is 0 Å². The van der Waals surface area contributed by atoms with Crippen molar-refractivity contribution in [1.29, 1.82) is 0 Å². The number of rotatable bonds is 5. The summed E-state index contributed by atoms with van der Waals surface area (Å²) in [4.78, 5) is 9.58. The molecule has 6 heteroatoms. The third-order valence-corrected chi connectivity index (χ3v) is 4.92. The quantitative estimate of drug-likeness (QED) is 0.785. The van der Waals surface area contributed by atoms with Gasteiger partial charge < -0.3 is 5.32 Å². The maximum absolute atomic E-state index is 4.84. The second kappa shape index (κ2) is 5.90. The highest BCUT2D eigenvalue weighted by Crippen LogP contribution is 2.43.